The summed E-state index contributed by atoms with van der Waals surface area (Å²) in [6.07, 6.45) is 23.9. The second-order valence-corrected chi connectivity index (χ2v) is 16.5. The Hall–Kier alpha value is -2.93. The highest BCUT2D eigenvalue weighted by Gasteiger charge is 2.48. The zero-order chi connectivity index (χ0) is 42.8. The highest BCUT2D eigenvalue weighted by atomic mass is 16.6. The Kier molecular flexibility index (Phi) is 30.7. The van der Waals surface area contributed by atoms with Crippen LogP contribution >= 0.6 is 0 Å². The molecule has 12 nitrogen and oxygen atoms in total. The van der Waals surface area contributed by atoms with E-state index in [4.69, 9.17) is 14.2 Å². The summed E-state index contributed by atoms with van der Waals surface area (Å²) >= 11 is 0. The van der Waals surface area contributed by atoms with Crippen LogP contribution in [-0.4, -0.2) is 95.2 Å². The normalized spacial score (nSPS) is 19.0. The van der Waals surface area contributed by atoms with Gasteiger partial charge in [0.15, 0.2) is 6.23 Å². The van der Waals surface area contributed by atoms with Gasteiger partial charge in [-0.2, -0.15) is 0 Å². The molecule has 0 spiro atoms. The maximum atomic E-state index is 13.7. The van der Waals surface area contributed by atoms with E-state index in [0.29, 0.717) is 12.8 Å². The van der Waals surface area contributed by atoms with Gasteiger partial charge in [0.2, 0.25) is 5.91 Å². The smallest absolute Gasteiger partial charge is 0.411 e. The fourth-order valence-electron chi connectivity index (χ4n) is 7.67. The van der Waals surface area contributed by atoms with Crippen LogP contribution in [0, 0.1) is 0 Å². The molecule has 0 aromatic heterocycles. The van der Waals surface area contributed by atoms with Gasteiger partial charge in [0.25, 0.3) is 0 Å². The van der Waals surface area contributed by atoms with Crippen molar-refractivity contribution in [3.63, 3.8) is 0 Å². The maximum Gasteiger partial charge on any atom is 0.411 e. The molecule has 5 atom stereocenters. The fraction of sp³-hybridized carbons (Fsp3) is 0.809. The number of hydrogen-bond donors (Lipinski definition) is 5. The minimum atomic E-state index is -1.58. The van der Waals surface area contributed by atoms with Crippen LogP contribution in [0.15, 0.2) is 30.3 Å². The van der Waals surface area contributed by atoms with Gasteiger partial charge in [-0.3, -0.25) is 9.69 Å². The zero-order valence-electron chi connectivity index (χ0n) is 36.9. The van der Waals surface area contributed by atoms with E-state index in [1.807, 2.05) is 30.3 Å². The SMILES string of the molecule is CCCCCCCCCCCCCCCCCCOC(=O)N(CCCCCCCCCCCC)[C@@H]1O[C@H](CO)[C@H](O)[C@H](O)[C@H]1NC(=O)CNC(=O)OCc1ccccc1. The van der Waals surface area contributed by atoms with Crippen molar-refractivity contribution in [1.29, 1.82) is 0 Å². The van der Waals surface area contributed by atoms with Crippen LogP contribution in [0.3, 0.4) is 0 Å². The van der Waals surface area contributed by atoms with E-state index in [0.717, 1.165) is 44.1 Å². The molecule has 0 bridgehead atoms. The summed E-state index contributed by atoms with van der Waals surface area (Å²) in [5.41, 5.74) is 0.786. The first kappa shape index (κ1) is 52.2. The monoisotopic (exact) mass is 834 g/mol. The molecule has 1 saturated heterocycles. The Morgan fingerprint density at radius 1 is 0.644 bits per heavy atom. The van der Waals surface area contributed by atoms with Crippen LogP contribution < -0.4 is 10.6 Å². The third kappa shape index (κ3) is 24.2. The number of alkyl carbamates (subject to hydrolysis) is 1. The summed E-state index contributed by atoms with van der Waals surface area (Å²) in [5.74, 6) is -0.686. The molecule has 1 aliphatic rings. The summed E-state index contributed by atoms with van der Waals surface area (Å²) in [6.45, 7) is 3.86. The zero-order valence-corrected chi connectivity index (χ0v) is 36.9. The number of nitrogens with zero attached hydrogens (tertiary/aromatic N) is 1. The summed E-state index contributed by atoms with van der Waals surface area (Å²) < 4.78 is 17.0. The van der Waals surface area contributed by atoms with Gasteiger partial charge in [0, 0.05) is 6.54 Å². The lowest BCUT2D eigenvalue weighted by atomic mass is 9.95. The molecule has 1 aliphatic heterocycles. The molecule has 0 aliphatic carbocycles. The van der Waals surface area contributed by atoms with Crippen molar-refractivity contribution >= 4 is 18.1 Å². The number of carbonyl (C=O) groups excluding carboxylic acids is 3. The van der Waals surface area contributed by atoms with Crippen LogP contribution in [0.25, 0.3) is 0 Å². The molecule has 0 saturated carbocycles. The highest BCUT2D eigenvalue weighted by molar-refractivity contribution is 5.82. The fourth-order valence-corrected chi connectivity index (χ4v) is 7.67. The lowest BCUT2D eigenvalue weighted by Crippen LogP contribution is -2.69. The molecule has 1 heterocycles. The van der Waals surface area contributed by atoms with Crippen molar-refractivity contribution in [2.75, 3.05) is 26.3 Å². The van der Waals surface area contributed by atoms with Crippen molar-refractivity contribution < 1.29 is 43.9 Å². The first-order valence-corrected chi connectivity index (χ1v) is 23.6. The van der Waals surface area contributed by atoms with Crippen molar-refractivity contribution in [1.82, 2.24) is 15.5 Å². The Morgan fingerprint density at radius 3 is 1.61 bits per heavy atom. The summed E-state index contributed by atoms with van der Waals surface area (Å²) in [6, 6.07) is 7.85. The Balaban J connectivity index is 1.89. The van der Waals surface area contributed by atoms with Crippen LogP contribution in [0.5, 0.6) is 0 Å². The van der Waals surface area contributed by atoms with Gasteiger partial charge in [-0.05, 0) is 18.4 Å². The molecule has 2 rings (SSSR count). The van der Waals surface area contributed by atoms with Gasteiger partial charge in [-0.25, -0.2) is 9.59 Å². The predicted octanol–water partition coefficient (Wildman–Crippen LogP) is 9.46. The van der Waals surface area contributed by atoms with E-state index in [2.05, 4.69) is 24.5 Å². The third-order valence-electron chi connectivity index (χ3n) is 11.4. The van der Waals surface area contributed by atoms with Crippen molar-refractivity contribution in [3.8, 4) is 0 Å². The van der Waals surface area contributed by atoms with Gasteiger partial charge >= 0.3 is 12.2 Å². The lowest BCUT2D eigenvalue weighted by Gasteiger charge is -2.46. The van der Waals surface area contributed by atoms with E-state index >= 15 is 0 Å². The summed E-state index contributed by atoms with van der Waals surface area (Å²) in [7, 11) is 0. The Bertz CT molecular complexity index is 1190. The molecule has 340 valence electrons. The molecular weight excluding hydrogens is 751 g/mol. The second-order valence-electron chi connectivity index (χ2n) is 16.5. The van der Waals surface area contributed by atoms with E-state index in [1.165, 1.54) is 120 Å². The van der Waals surface area contributed by atoms with Crippen molar-refractivity contribution in [3.05, 3.63) is 35.9 Å². The van der Waals surface area contributed by atoms with E-state index < -0.39 is 61.8 Å². The molecule has 3 amide bonds. The molecule has 5 N–H and O–H groups in total. The quantitative estimate of drug-likeness (QED) is 0.0419. The topological polar surface area (TPSA) is 167 Å². The molecular formula is C47H83N3O9. The van der Waals surface area contributed by atoms with Crippen LogP contribution in [0.1, 0.15) is 186 Å². The van der Waals surface area contributed by atoms with Gasteiger partial charge in [0.05, 0.1) is 13.2 Å². The molecule has 0 radical (unpaired) electrons. The predicted molar refractivity (Wildman–Crippen MR) is 234 cm³/mol. The van der Waals surface area contributed by atoms with Crippen LogP contribution in [0.2, 0.25) is 0 Å². The van der Waals surface area contributed by atoms with Crippen LogP contribution in [0.4, 0.5) is 9.59 Å². The van der Waals surface area contributed by atoms with Gasteiger partial charge in [-0.1, -0.05) is 198 Å². The second kappa shape index (κ2) is 34.7. The van der Waals surface area contributed by atoms with Crippen molar-refractivity contribution in [2.45, 2.75) is 218 Å². The Morgan fingerprint density at radius 2 is 1.12 bits per heavy atom. The minimum Gasteiger partial charge on any atom is -0.449 e. The first-order chi connectivity index (χ1) is 28.8. The first-order valence-electron chi connectivity index (χ1n) is 23.6. The number of aliphatic hydroxyl groups excluding tert-OH is 3. The molecule has 59 heavy (non-hydrogen) atoms. The van der Waals surface area contributed by atoms with E-state index in [-0.39, 0.29) is 19.8 Å². The summed E-state index contributed by atoms with van der Waals surface area (Å²) in [4.78, 5) is 40.5. The van der Waals surface area contributed by atoms with E-state index in [1.54, 1.807) is 0 Å². The van der Waals surface area contributed by atoms with Gasteiger partial charge < -0.3 is 40.2 Å². The van der Waals surface area contributed by atoms with Gasteiger partial charge in [0.1, 0.15) is 37.5 Å². The number of hydrogen-bond acceptors (Lipinski definition) is 9. The molecule has 1 aromatic carbocycles. The lowest BCUT2D eigenvalue weighted by molar-refractivity contribution is -0.226. The van der Waals surface area contributed by atoms with Gasteiger partial charge in [-0.15, -0.1) is 0 Å². The van der Waals surface area contributed by atoms with Crippen LogP contribution in [-0.2, 0) is 25.6 Å². The number of carbonyl (C=O) groups is 3. The number of benzene rings is 1. The molecule has 1 aromatic rings. The largest absolute Gasteiger partial charge is 0.449 e. The molecule has 0 unspecified atom stereocenters. The number of amides is 3. The average Bonchev–Trinajstić information content (AvgIpc) is 3.24. The highest BCUT2D eigenvalue weighted by Crippen LogP contribution is 2.26. The molecule has 1 fully saturated rings. The average molecular weight is 834 g/mol. The van der Waals surface area contributed by atoms with E-state index in [9.17, 15) is 29.7 Å². The minimum absolute atomic E-state index is 0.0236. The number of aliphatic hydroxyl groups is 3. The Labute approximate surface area is 356 Å². The number of unbranched alkanes of at least 4 members (excludes halogenated alkanes) is 24. The third-order valence-corrected chi connectivity index (χ3v) is 11.4. The number of ether oxygens (including phenoxy) is 3. The number of nitrogens with one attached hydrogen (secondary N) is 2. The molecule has 12 heteroatoms. The standard InChI is InChI=1S/C47H83N3O9/c1-3-5-7-9-11-13-15-16-17-18-19-20-22-24-26-31-35-57-47(56)50(34-30-25-23-21-14-12-10-8-6-4-2)45-42(44(54)43(53)40(37-51)59-45)49-41(52)36-48-46(55)58-38-39-32-28-27-29-33-39/h27-29,32-33,40,42-45,51,53-54H,3-26,30-31,34-38H2,1-2H3,(H,48,55)(H,49,52)/t40-,42-,43+,44-,45-/m1/s1. The number of rotatable bonds is 35. The maximum absolute atomic E-state index is 13.7. The van der Waals surface area contributed by atoms with Crippen molar-refractivity contribution in [2.24, 2.45) is 0 Å². The summed E-state index contributed by atoms with van der Waals surface area (Å²) in [5, 5.41) is 37.0.